The van der Waals surface area contributed by atoms with E-state index in [1.807, 2.05) is 0 Å². The molecule has 0 spiro atoms. The van der Waals surface area contributed by atoms with Crippen LogP contribution in [0.5, 0.6) is 5.75 Å². The molecule has 0 heterocycles. The Kier molecular flexibility index (Phi) is 7.24. The Morgan fingerprint density at radius 2 is 1.81 bits per heavy atom. The third-order valence-electron chi connectivity index (χ3n) is 2.23. The molecule has 0 amide bonds. The van der Waals surface area contributed by atoms with Crippen LogP contribution in [0.4, 0.5) is 5.69 Å². The van der Waals surface area contributed by atoms with Gasteiger partial charge in [0, 0.05) is 0 Å². The monoisotopic (exact) mass is 358 g/mol. The third-order valence-corrected chi connectivity index (χ3v) is 2.46. The number of hydrazone groups is 1. The average molecular weight is 359 g/mol. The van der Waals surface area contributed by atoms with Crippen molar-refractivity contribution >= 4 is 39.3 Å². The highest BCUT2D eigenvalue weighted by atomic mass is 79.9. The van der Waals surface area contributed by atoms with Gasteiger partial charge in [-0.1, -0.05) is 0 Å². The summed E-state index contributed by atoms with van der Waals surface area (Å²) in [7, 11) is 1.55. The van der Waals surface area contributed by atoms with E-state index < -0.39 is 17.7 Å². The molecule has 21 heavy (non-hydrogen) atoms. The molecule has 1 aromatic rings. The van der Waals surface area contributed by atoms with Gasteiger partial charge in [0.15, 0.2) is 0 Å². The van der Waals surface area contributed by atoms with Crippen molar-refractivity contribution in [2.45, 2.75) is 6.92 Å². The van der Waals surface area contributed by atoms with Crippen LogP contribution in [0.2, 0.25) is 0 Å². The van der Waals surface area contributed by atoms with Gasteiger partial charge in [0.25, 0.3) is 5.71 Å². The molecule has 0 aliphatic carbocycles. The van der Waals surface area contributed by atoms with Crippen molar-refractivity contribution < 1.29 is 23.8 Å². The van der Waals surface area contributed by atoms with Gasteiger partial charge >= 0.3 is 11.9 Å². The van der Waals surface area contributed by atoms with Crippen molar-refractivity contribution in [3.05, 3.63) is 24.3 Å². The van der Waals surface area contributed by atoms with Crippen molar-refractivity contribution in [3.8, 4) is 5.75 Å². The number of alkyl halides is 1. The Bertz CT molecular complexity index is 496. The van der Waals surface area contributed by atoms with Crippen LogP contribution < -0.4 is 10.2 Å². The molecule has 0 saturated carbocycles. The highest BCUT2D eigenvalue weighted by molar-refractivity contribution is 9.09. The van der Waals surface area contributed by atoms with Gasteiger partial charge in [-0.25, -0.2) is 9.59 Å². The number of esters is 2. The van der Waals surface area contributed by atoms with Crippen molar-refractivity contribution in [2.24, 2.45) is 5.10 Å². The number of carbonyl (C=O) groups excluding carboxylic acids is 2. The van der Waals surface area contributed by atoms with E-state index in [4.69, 9.17) is 9.47 Å². The number of ether oxygens (including phenoxy) is 3. The van der Waals surface area contributed by atoms with E-state index in [9.17, 15) is 9.59 Å². The SMILES string of the molecule is CCOC(=O)/C(=N\Nc1ccc(OC)cc1)C(=O)OCBr. The van der Waals surface area contributed by atoms with Gasteiger partial charge in [-0.2, -0.15) is 5.10 Å². The van der Waals surface area contributed by atoms with Crippen LogP contribution >= 0.6 is 15.9 Å². The lowest BCUT2D eigenvalue weighted by atomic mass is 10.3. The standard InChI is InChI=1S/C13H15BrN2O5/c1-3-20-12(17)11(13(18)21-8-14)16-15-9-4-6-10(19-2)7-5-9/h4-7,15H,3,8H2,1-2H3/b16-11+. The summed E-state index contributed by atoms with van der Waals surface area (Å²) >= 11 is 2.93. The van der Waals surface area contributed by atoms with Crippen LogP contribution in [-0.2, 0) is 19.1 Å². The summed E-state index contributed by atoms with van der Waals surface area (Å²) in [5.41, 5.74) is 2.65. The normalized spacial score (nSPS) is 10.7. The first kappa shape index (κ1) is 17.0. The second kappa shape index (κ2) is 8.96. The second-order valence-corrected chi connectivity index (χ2v) is 4.02. The molecule has 0 bridgehead atoms. The summed E-state index contributed by atoms with van der Waals surface area (Å²) in [6.07, 6.45) is 0. The number of hydrogen-bond donors (Lipinski definition) is 1. The smallest absolute Gasteiger partial charge is 0.367 e. The zero-order valence-corrected chi connectivity index (χ0v) is 13.2. The van der Waals surface area contributed by atoms with Crippen molar-refractivity contribution in [3.63, 3.8) is 0 Å². The molecule has 1 N–H and O–H groups in total. The van der Waals surface area contributed by atoms with Crippen LogP contribution in [0.3, 0.4) is 0 Å². The number of hydrogen-bond acceptors (Lipinski definition) is 7. The van der Waals surface area contributed by atoms with E-state index >= 15 is 0 Å². The highest BCUT2D eigenvalue weighted by Crippen LogP contribution is 2.14. The van der Waals surface area contributed by atoms with Crippen LogP contribution in [0.1, 0.15) is 6.92 Å². The molecule has 0 aromatic heterocycles. The lowest BCUT2D eigenvalue weighted by Gasteiger charge is -2.06. The topological polar surface area (TPSA) is 86.2 Å². The molecule has 0 saturated heterocycles. The van der Waals surface area contributed by atoms with Gasteiger partial charge in [0.05, 0.1) is 19.4 Å². The van der Waals surface area contributed by atoms with E-state index in [0.717, 1.165) is 0 Å². The molecule has 0 unspecified atom stereocenters. The molecule has 0 aliphatic rings. The largest absolute Gasteiger partial charge is 0.497 e. The van der Waals surface area contributed by atoms with Crippen molar-refractivity contribution in [1.82, 2.24) is 0 Å². The molecular weight excluding hydrogens is 344 g/mol. The molecule has 7 nitrogen and oxygen atoms in total. The van der Waals surface area contributed by atoms with Gasteiger partial charge in [-0.15, -0.1) is 0 Å². The Labute approximate surface area is 130 Å². The predicted octanol–water partition coefficient (Wildman–Crippen LogP) is 1.92. The summed E-state index contributed by atoms with van der Waals surface area (Å²) in [5, 5.41) is 3.74. The Balaban J connectivity index is 2.85. The van der Waals surface area contributed by atoms with E-state index in [2.05, 4.69) is 31.2 Å². The fraction of sp³-hybridized carbons (Fsp3) is 0.308. The van der Waals surface area contributed by atoms with Gasteiger partial charge in [0.1, 0.15) is 11.3 Å². The maximum atomic E-state index is 11.7. The van der Waals surface area contributed by atoms with Crippen LogP contribution in [-0.4, -0.2) is 36.9 Å². The number of rotatable bonds is 7. The highest BCUT2D eigenvalue weighted by Gasteiger charge is 2.23. The molecule has 114 valence electrons. The lowest BCUT2D eigenvalue weighted by molar-refractivity contribution is -0.139. The molecule has 0 radical (unpaired) electrons. The molecule has 8 heteroatoms. The zero-order valence-electron chi connectivity index (χ0n) is 11.6. The van der Waals surface area contributed by atoms with Gasteiger partial charge < -0.3 is 14.2 Å². The van der Waals surface area contributed by atoms with Gasteiger partial charge in [0.2, 0.25) is 0 Å². The molecule has 0 aliphatic heterocycles. The first-order chi connectivity index (χ1) is 10.1. The quantitative estimate of drug-likeness (QED) is 0.263. The van der Waals surface area contributed by atoms with E-state index in [1.54, 1.807) is 38.3 Å². The number of anilines is 1. The maximum absolute atomic E-state index is 11.7. The summed E-state index contributed by atoms with van der Waals surface area (Å²) in [4.78, 5) is 23.3. The van der Waals surface area contributed by atoms with Crippen LogP contribution in [0, 0.1) is 0 Å². The van der Waals surface area contributed by atoms with Crippen LogP contribution in [0.25, 0.3) is 0 Å². The van der Waals surface area contributed by atoms with Gasteiger partial charge in [-0.05, 0) is 47.1 Å². The third kappa shape index (κ3) is 5.42. The molecule has 0 atom stereocenters. The second-order valence-electron chi connectivity index (χ2n) is 3.56. The molecular formula is C13H15BrN2O5. The summed E-state index contributed by atoms with van der Waals surface area (Å²) in [6.45, 7) is 1.75. The first-order valence-corrected chi connectivity index (χ1v) is 7.12. The summed E-state index contributed by atoms with van der Waals surface area (Å²) in [6, 6.07) is 6.78. The zero-order chi connectivity index (χ0) is 15.7. The number of nitrogens with one attached hydrogen (secondary N) is 1. The summed E-state index contributed by atoms with van der Waals surface area (Å²) in [5.74, 6) is -1.07. The minimum atomic E-state index is -0.883. The van der Waals surface area contributed by atoms with Crippen LogP contribution in [0.15, 0.2) is 29.4 Å². The number of carbonyl (C=O) groups is 2. The van der Waals surface area contributed by atoms with E-state index in [1.165, 1.54) is 0 Å². The Morgan fingerprint density at radius 1 is 1.19 bits per heavy atom. The average Bonchev–Trinajstić information content (AvgIpc) is 2.48. The van der Waals surface area contributed by atoms with E-state index in [0.29, 0.717) is 11.4 Å². The van der Waals surface area contributed by atoms with Crippen molar-refractivity contribution in [1.29, 1.82) is 0 Å². The molecule has 0 fully saturated rings. The minimum absolute atomic E-state index is 0.0488. The fourth-order valence-electron chi connectivity index (χ4n) is 1.28. The lowest BCUT2D eigenvalue weighted by Crippen LogP contribution is -2.29. The number of halogens is 1. The summed E-state index contributed by atoms with van der Waals surface area (Å²) < 4.78 is 14.5. The fourth-order valence-corrected chi connectivity index (χ4v) is 1.49. The minimum Gasteiger partial charge on any atom is -0.497 e. The Morgan fingerprint density at radius 3 is 2.33 bits per heavy atom. The Hall–Kier alpha value is -2.09. The number of benzene rings is 1. The predicted molar refractivity (Wildman–Crippen MR) is 80.6 cm³/mol. The first-order valence-electron chi connectivity index (χ1n) is 6.00. The van der Waals surface area contributed by atoms with Crippen molar-refractivity contribution in [2.75, 3.05) is 24.7 Å². The molecule has 1 rings (SSSR count). The molecule has 1 aromatic carbocycles. The number of methoxy groups -OCH3 is 1. The van der Waals surface area contributed by atoms with Gasteiger partial charge in [-0.3, -0.25) is 5.43 Å². The maximum Gasteiger partial charge on any atom is 0.367 e. The number of nitrogens with zero attached hydrogens (tertiary/aromatic N) is 1. The van der Waals surface area contributed by atoms with E-state index in [-0.39, 0.29) is 12.1 Å².